The van der Waals surface area contributed by atoms with Crippen molar-refractivity contribution >= 4 is 0 Å². The predicted molar refractivity (Wildman–Crippen MR) is 46.8 cm³/mol. The van der Waals surface area contributed by atoms with E-state index in [1.807, 2.05) is 19.9 Å². The van der Waals surface area contributed by atoms with Gasteiger partial charge in [0.1, 0.15) is 17.7 Å². The highest BCUT2D eigenvalue weighted by Crippen LogP contribution is 2.04. The second-order valence-corrected chi connectivity index (χ2v) is 2.71. The largest absolute Gasteiger partial charge is 0.384 e. The number of nitrogens with zero attached hydrogens (tertiary/aromatic N) is 3. The number of nitrogens with one attached hydrogen (secondary N) is 1. The van der Waals surface area contributed by atoms with Crippen LogP contribution in [0, 0.1) is 34.0 Å². The molecule has 0 rings (SSSR count). The Morgan fingerprint density at radius 1 is 1.23 bits per heavy atom. The highest BCUT2D eigenvalue weighted by molar-refractivity contribution is 5.40. The molecule has 0 amide bonds. The van der Waals surface area contributed by atoms with Gasteiger partial charge in [0.25, 0.3) is 0 Å². The van der Waals surface area contributed by atoms with E-state index in [9.17, 15) is 0 Å². The van der Waals surface area contributed by atoms with E-state index in [0.29, 0.717) is 5.70 Å². The van der Waals surface area contributed by atoms with E-state index >= 15 is 0 Å². The molecule has 4 heteroatoms. The molecule has 0 atom stereocenters. The molecule has 0 aliphatic carbocycles. The maximum absolute atomic E-state index is 8.56. The Bertz CT molecular complexity index is 303. The molecule has 0 aromatic carbocycles. The Kier molecular flexibility index (Phi) is 4.77. The maximum Gasteiger partial charge on any atom is 0.149 e. The summed E-state index contributed by atoms with van der Waals surface area (Å²) in [5, 5.41) is 28.5. The molecule has 0 aliphatic rings. The molecule has 0 aliphatic heterocycles. The summed E-state index contributed by atoms with van der Waals surface area (Å²) < 4.78 is 0. The SMILES string of the molecule is CC(C)NC(CC#N)=C(C#N)C#N. The zero-order valence-corrected chi connectivity index (χ0v) is 7.63. The molecule has 0 saturated carbocycles. The van der Waals surface area contributed by atoms with Crippen LogP contribution in [0.3, 0.4) is 0 Å². The minimum absolute atomic E-state index is 0.0183. The van der Waals surface area contributed by atoms with Crippen LogP contribution in [0.2, 0.25) is 0 Å². The second-order valence-electron chi connectivity index (χ2n) is 2.71. The molecule has 1 N–H and O–H groups in total. The molecular formula is C9H10N4. The van der Waals surface area contributed by atoms with Crippen LogP contribution >= 0.6 is 0 Å². The summed E-state index contributed by atoms with van der Waals surface area (Å²) in [5.74, 6) is 0. The summed E-state index contributed by atoms with van der Waals surface area (Å²) in [5.41, 5.74) is 0.387. The minimum Gasteiger partial charge on any atom is -0.384 e. The third-order valence-electron chi connectivity index (χ3n) is 1.24. The quantitative estimate of drug-likeness (QED) is 0.651. The molecule has 66 valence electrons. The van der Waals surface area contributed by atoms with E-state index in [-0.39, 0.29) is 18.0 Å². The fraction of sp³-hybridized carbons (Fsp3) is 0.444. The molecule has 0 saturated heterocycles. The number of hydrogen-bond acceptors (Lipinski definition) is 4. The van der Waals surface area contributed by atoms with Gasteiger partial charge in [-0.2, -0.15) is 15.8 Å². The van der Waals surface area contributed by atoms with Crippen LogP contribution in [0.4, 0.5) is 0 Å². The Hall–Kier alpha value is -1.99. The van der Waals surface area contributed by atoms with Crippen molar-refractivity contribution in [1.82, 2.24) is 5.32 Å². The van der Waals surface area contributed by atoms with Gasteiger partial charge in [0, 0.05) is 6.04 Å². The van der Waals surface area contributed by atoms with Gasteiger partial charge in [0.05, 0.1) is 18.2 Å². The van der Waals surface area contributed by atoms with Gasteiger partial charge in [-0.25, -0.2) is 0 Å². The highest BCUT2D eigenvalue weighted by atomic mass is 14.9. The number of nitriles is 3. The van der Waals surface area contributed by atoms with Gasteiger partial charge in [-0.05, 0) is 13.8 Å². The van der Waals surface area contributed by atoms with Gasteiger partial charge in [0.2, 0.25) is 0 Å². The first-order valence-electron chi connectivity index (χ1n) is 3.82. The van der Waals surface area contributed by atoms with Crippen molar-refractivity contribution in [2.75, 3.05) is 0 Å². The summed E-state index contributed by atoms with van der Waals surface area (Å²) in [7, 11) is 0. The summed E-state index contributed by atoms with van der Waals surface area (Å²) in [6.45, 7) is 3.76. The van der Waals surface area contributed by atoms with Crippen LogP contribution in [0.5, 0.6) is 0 Å². The van der Waals surface area contributed by atoms with Gasteiger partial charge >= 0.3 is 0 Å². The van der Waals surface area contributed by atoms with Crippen LogP contribution in [-0.2, 0) is 0 Å². The predicted octanol–water partition coefficient (Wildman–Crippen LogP) is 1.20. The van der Waals surface area contributed by atoms with Crippen LogP contribution in [-0.4, -0.2) is 6.04 Å². The van der Waals surface area contributed by atoms with Crippen molar-refractivity contribution in [3.63, 3.8) is 0 Å². The molecule has 0 bridgehead atoms. The topological polar surface area (TPSA) is 83.4 Å². The lowest BCUT2D eigenvalue weighted by atomic mass is 10.2. The summed E-state index contributed by atoms with van der Waals surface area (Å²) in [6, 6.07) is 5.50. The van der Waals surface area contributed by atoms with Crippen LogP contribution < -0.4 is 5.32 Å². The van der Waals surface area contributed by atoms with E-state index in [1.54, 1.807) is 12.1 Å². The second kappa shape index (κ2) is 5.63. The molecule has 4 nitrogen and oxygen atoms in total. The average Bonchev–Trinajstić information content (AvgIpc) is 2.05. The van der Waals surface area contributed by atoms with E-state index in [4.69, 9.17) is 15.8 Å². The Labute approximate surface area is 77.7 Å². The van der Waals surface area contributed by atoms with Crippen molar-refractivity contribution in [2.24, 2.45) is 0 Å². The van der Waals surface area contributed by atoms with Crippen molar-refractivity contribution in [1.29, 1.82) is 15.8 Å². The van der Waals surface area contributed by atoms with Crippen molar-refractivity contribution in [2.45, 2.75) is 26.3 Å². The third-order valence-corrected chi connectivity index (χ3v) is 1.24. The summed E-state index contributed by atoms with van der Waals surface area (Å²) in [4.78, 5) is 0. The number of rotatable bonds is 3. The Morgan fingerprint density at radius 3 is 2.08 bits per heavy atom. The molecule has 0 aromatic rings. The lowest BCUT2D eigenvalue weighted by Gasteiger charge is -2.10. The van der Waals surface area contributed by atoms with Gasteiger partial charge in [-0.1, -0.05) is 0 Å². The van der Waals surface area contributed by atoms with Crippen LogP contribution in [0.25, 0.3) is 0 Å². The Morgan fingerprint density at radius 2 is 1.77 bits per heavy atom. The standard InChI is InChI=1S/C9H10N4/c1-7(2)13-9(3-4-10)8(5-11)6-12/h7,13H,3H2,1-2H3. The lowest BCUT2D eigenvalue weighted by molar-refractivity contribution is 0.657. The van der Waals surface area contributed by atoms with E-state index < -0.39 is 0 Å². The molecule has 0 unspecified atom stereocenters. The maximum atomic E-state index is 8.56. The normalized spacial score (nSPS) is 8.00. The molecule has 0 fully saturated rings. The van der Waals surface area contributed by atoms with Crippen molar-refractivity contribution in [3.8, 4) is 18.2 Å². The van der Waals surface area contributed by atoms with Gasteiger partial charge < -0.3 is 5.32 Å². The van der Waals surface area contributed by atoms with Gasteiger partial charge in [0.15, 0.2) is 0 Å². The van der Waals surface area contributed by atoms with E-state index in [0.717, 1.165) is 0 Å². The molecule has 0 aromatic heterocycles. The van der Waals surface area contributed by atoms with Crippen molar-refractivity contribution < 1.29 is 0 Å². The Balaban J connectivity index is 4.82. The van der Waals surface area contributed by atoms with E-state index in [2.05, 4.69) is 5.32 Å². The van der Waals surface area contributed by atoms with Crippen LogP contribution in [0.1, 0.15) is 20.3 Å². The first kappa shape index (κ1) is 11.0. The molecular weight excluding hydrogens is 164 g/mol. The third kappa shape index (κ3) is 3.79. The molecule has 13 heavy (non-hydrogen) atoms. The van der Waals surface area contributed by atoms with E-state index in [1.165, 1.54) is 0 Å². The fourth-order valence-corrected chi connectivity index (χ4v) is 0.799. The van der Waals surface area contributed by atoms with Gasteiger partial charge in [-0.3, -0.25) is 0 Å². The molecule has 0 spiro atoms. The average molecular weight is 174 g/mol. The molecule has 0 heterocycles. The first-order valence-corrected chi connectivity index (χ1v) is 3.82. The first-order chi connectivity index (χ1) is 6.15. The summed E-state index contributed by atoms with van der Waals surface area (Å²) >= 11 is 0. The zero-order chi connectivity index (χ0) is 10.3. The highest BCUT2D eigenvalue weighted by Gasteiger charge is 2.06. The lowest BCUT2D eigenvalue weighted by Crippen LogP contribution is -2.22. The fourth-order valence-electron chi connectivity index (χ4n) is 0.799. The van der Waals surface area contributed by atoms with Crippen molar-refractivity contribution in [3.05, 3.63) is 11.3 Å². The van der Waals surface area contributed by atoms with Crippen LogP contribution in [0.15, 0.2) is 11.3 Å². The zero-order valence-electron chi connectivity index (χ0n) is 7.63. The smallest absolute Gasteiger partial charge is 0.149 e. The minimum atomic E-state index is -0.0183. The van der Waals surface area contributed by atoms with Gasteiger partial charge in [-0.15, -0.1) is 0 Å². The molecule has 0 radical (unpaired) electrons. The number of hydrogen-bond donors (Lipinski definition) is 1. The summed E-state index contributed by atoms with van der Waals surface area (Å²) in [6.07, 6.45) is 0.0641. The number of allylic oxidation sites excluding steroid dienone is 2. The monoisotopic (exact) mass is 174 g/mol.